The van der Waals surface area contributed by atoms with Crippen LogP contribution in [0.3, 0.4) is 0 Å². The normalized spacial score (nSPS) is 17.7. The highest BCUT2D eigenvalue weighted by Crippen LogP contribution is 2.45. The number of hydrogen-bond acceptors (Lipinski definition) is 2. The molecule has 0 atom stereocenters. The Bertz CT molecular complexity index is 427. The van der Waals surface area contributed by atoms with Crippen LogP contribution in [0.15, 0.2) is 22.7 Å². The van der Waals surface area contributed by atoms with Gasteiger partial charge in [-0.05, 0) is 46.5 Å². The highest BCUT2D eigenvalue weighted by atomic mass is 79.9. The van der Waals surface area contributed by atoms with Crippen molar-refractivity contribution in [1.82, 2.24) is 0 Å². The van der Waals surface area contributed by atoms with Crippen molar-refractivity contribution in [3.63, 3.8) is 0 Å². The molecule has 2 nitrogen and oxygen atoms in total. The van der Waals surface area contributed by atoms with Crippen LogP contribution in [-0.4, -0.2) is 13.1 Å². The van der Waals surface area contributed by atoms with Crippen molar-refractivity contribution in [3.05, 3.63) is 34.1 Å². The highest BCUT2D eigenvalue weighted by Gasteiger charge is 2.46. The summed E-state index contributed by atoms with van der Waals surface area (Å²) in [4.78, 5) is 11.8. The molecule has 4 heteroatoms. The molecule has 0 radical (unpaired) electrons. The molecule has 0 saturated heterocycles. The summed E-state index contributed by atoms with van der Waals surface area (Å²) in [6, 6.07) is 4.83. The molecule has 1 fully saturated rings. The van der Waals surface area contributed by atoms with Gasteiger partial charge in [0.1, 0.15) is 5.82 Å². The lowest BCUT2D eigenvalue weighted by molar-refractivity contribution is -0.151. The van der Waals surface area contributed by atoms with Crippen LogP contribution in [0.1, 0.15) is 24.8 Å². The van der Waals surface area contributed by atoms with E-state index < -0.39 is 5.41 Å². The summed E-state index contributed by atoms with van der Waals surface area (Å²) in [5.74, 6) is -0.604. The summed E-state index contributed by atoms with van der Waals surface area (Å²) in [6.45, 7) is 0. The molecule has 0 aromatic heterocycles. The molecule has 0 heterocycles. The lowest BCUT2D eigenvalue weighted by atomic mass is 9.64. The molecular weight excluding hydrogens is 275 g/mol. The van der Waals surface area contributed by atoms with Gasteiger partial charge in [-0.25, -0.2) is 4.39 Å². The van der Waals surface area contributed by atoms with Gasteiger partial charge in [0.25, 0.3) is 0 Å². The zero-order valence-corrected chi connectivity index (χ0v) is 10.5. The average Bonchev–Trinajstić information content (AvgIpc) is 2.21. The second kappa shape index (κ2) is 4.17. The van der Waals surface area contributed by atoms with E-state index in [9.17, 15) is 9.18 Å². The summed E-state index contributed by atoms with van der Waals surface area (Å²) in [5.41, 5.74) is 0.0994. The van der Waals surface area contributed by atoms with Crippen LogP contribution in [0.2, 0.25) is 0 Å². The Balaban J connectivity index is 2.41. The van der Waals surface area contributed by atoms with Gasteiger partial charge in [-0.3, -0.25) is 4.79 Å². The molecule has 0 aliphatic heterocycles. The number of methoxy groups -OCH3 is 1. The van der Waals surface area contributed by atoms with Crippen LogP contribution < -0.4 is 0 Å². The zero-order chi connectivity index (χ0) is 11.8. The lowest BCUT2D eigenvalue weighted by Gasteiger charge is -2.39. The van der Waals surface area contributed by atoms with E-state index in [-0.39, 0.29) is 11.8 Å². The van der Waals surface area contributed by atoms with Gasteiger partial charge >= 0.3 is 5.97 Å². The van der Waals surface area contributed by atoms with E-state index in [2.05, 4.69) is 15.9 Å². The second-order valence-corrected chi connectivity index (χ2v) is 4.91. The monoisotopic (exact) mass is 286 g/mol. The first-order valence-electron chi connectivity index (χ1n) is 5.14. The van der Waals surface area contributed by atoms with Gasteiger partial charge in [-0.1, -0.05) is 12.5 Å². The average molecular weight is 287 g/mol. The third-order valence-electron chi connectivity index (χ3n) is 3.26. The van der Waals surface area contributed by atoms with E-state index >= 15 is 0 Å². The van der Waals surface area contributed by atoms with Gasteiger partial charge in [0, 0.05) is 0 Å². The molecule has 0 spiro atoms. The van der Waals surface area contributed by atoms with Crippen molar-refractivity contribution in [3.8, 4) is 0 Å². The van der Waals surface area contributed by atoms with Crippen molar-refractivity contribution < 1.29 is 13.9 Å². The van der Waals surface area contributed by atoms with Crippen molar-refractivity contribution in [1.29, 1.82) is 0 Å². The Kier molecular flexibility index (Phi) is 3.02. The molecule has 0 bridgehead atoms. The van der Waals surface area contributed by atoms with E-state index in [1.807, 2.05) is 0 Å². The fourth-order valence-corrected chi connectivity index (χ4v) is 2.38. The Morgan fingerprint density at radius 2 is 2.19 bits per heavy atom. The highest BCUT2D eigenvalue weighted by molar-refractivity contribution is 9.10. The van der Waals surface area contributed by atoms with Crippen LogP contribution in [0.4, 0.5) is 4.39 Å². The van der Waals surface area contributed by atoms with Gasteiger partial charge in [-0.2, -0.15) is 0 Å². The van der Waals surface area contributed by atoms with Crippen molar-refractivity contribution >= 4 is 21.9 Å². The maximum Gasteiger partial charge on any atom is 0.316 e. The van der Waals surface area contributed by atoms with Crippen molar-refractivity contribution in [2.24, 2.45) is 0 Å². The summed E-state index contributed by atoms with van der Waals surface area (Å²) in [6.07, 6.45) is 2.45. The minimum absolute atomic E-state index is 0.263. The minimum Gasteiger partial charge on any atom is -0.468 e. The minimum atomic E-state index is -0.615. The molecule has 0 unspecified atom stereocenters. The van der Waals surface area contributed by atoms with Crippen LogP contribution in [-0.2, 0) is 14.9 Å². The molecule has 2 rings (SSSR count). The van der Waals surface area contributed by atoms with Gasteiger partial charge < -0.3 is 4.74 Å². The molecule has 1 aliphatic rings. The van der Waals surface area contributed by atoms with E-state index in [0.717, 1.165) is 19.3 Å². The van der Waals surface area contributed by atoms with Crippen molar-refractivity contribution in [2.45, 2.75) is 24.7 Å². The molecule has 0 amide bonds. The molecule has 1 aliphatic carbocycles. The fraction of sp³-hybridized carbons (Fsp3) is 0.417. The first kappa shape index (κ1) is 11.6. The topological polar surface area (TPSA) is 26.3 Å². The van der Waals surface area contributed by atoms with Gasteiger partial charge in [-0.15, -0.1) is 0 Å². The summed E-state index contributed by atoms with van der Waals surface area (Å²) in [7, 11) is 1.37. The molecule has 16 heavy (non-hydrogen) atoms. The van der Waals surface area contributed by atoms with Gasteiger partial charge in [0.2, 0.25) is 0 Å². The smallest absolute Gasteiger partial charge is 0.316 e. The SMILES string of the molecule is COC(=O)C1(c2ccc(Br)c(F)c2)CCC1. The first-order valence-corrected chi connectivity index (χ1v) is 5.93. The number of rotatable bonds is 2. The summed E-state index contributed by atoms with van der Waals surface area (Å²) >= 11 is 3.10. The predicted molar refractivity (Wildman–Crippen MR) is 61.6 cm³/mol. The van der Waals surface area contributed by atoms with E-state index in [4.69, 9.17) is 4.74 Å². The third kappa shape index (κ3) is 1.65. The number of carbonyl (C=O) groups excluding carboxylic acids is 1. The lowest BCUT2D eigenvalue weighted by Crippen LogP contribution is -2.43. The number of benzene rings is 1. The van der Waals surface area contributed by atoms with E-state index in [1.165, 1.54) is 13.2 Å². The molecule has 1 aromatic carbocycles. The number of carbonyl (C=O) groups is 1. The van der Waals surface area contributed by atoms with Crippen molar-refractivity contribution in [2.75, 3.05) is 7.11 Å². The second-order valence-electron chi connectivity index (χ2n) is 4.06. The number of halogens is 2. The molecule has 86 valence electrons. The van der Waals surface area contributed by atoms with Gasteiger partial charge in [0.15, 0.2) is 0 Å². The number of esters is 1. The summed E-state index contributed by atoms with van der Waals surface area (Å²) < 4.78 is 18.7. The third-order valence-corrected chi connectivity index (χ3v) is 3.90. The van der Waals surface area contributed by atoms with E-state index in [1.54, 1.807) is 12.1 Å². The predicted octanol–water partition coefficient (Wildman–Crippen LogP) is 3.18. The Morgan fingerprint density at radius 3 is 2.62 bits per heavy atom. The first-order chi connectivity index (χ1) is 7.60. The Hall–Kier alpha value is -0.900. The molecule has 1 aromatic rings. The molecular formula is C12H12BrFO2. The molecule has 1 saturated carbocycles. The fourth-order valence-electron chi connectivity index (χ4n) is 2.13. The van der Waals surface area contributed by atoms with Crippen LogP contribution >= 0.6 is 15.9 Å². The Morgan fingerprint density at radius 1 is 1.50 bits per heavy atom. The van der Waals surface area contributed by atoms with E-state index in [0.29, 0.717) is 10.0 Å². The standard InChI is InChI=1S/C12H12BrFO2/c1-16-11(15)12(5-2-6-12)8-3-4-9(13)10(14)7-8/h3-4,7H,2,5-6H2,1H3. The maximum absolute atomic E-state index is 13.4. The summed E-state index contributed by atoms with van der Waals surface area (Å²) in [5, 5.41) is 0. The maximum atomic E-state index is 13.4. The van der Waals surface area contributed by atoms with Crippen LogP contribution in [0, 0.1) is 5.82 Å². The van der Waals surface area contributed by atoms with Crippen LogP contribution in [0.5, 0.6) is 0 Å². The number of ether oxygens (including phenoxy) is 1. The molecule has 0 N–H and O–H groups in total. The van der Waals surface area contributed by atoms with Gasteiger partial charge in [0.05, 0.1) is 17.0 Å². The Labute approximate surface area is 102 Å². The zero-order valence-electron chi connectivity index (χ0n) is 8.93. The largest absolute Gasteiger partial charge is 0.468 e. The number of hydrogen-bond donors (Lipinski definition) is 0. The quantitative estimate of drug-likeness (QED) is 0.781. The van der Waals surface area contributed by atoms with Crippen LogP contribution in [0.25, 0.3) is 0 Å².